The molecular formula is C19H26N2O4. The minimum absolute atomic E-state index is 0.0408. The van der Waals surface area contributed by atoms with Gasteiger partial charge in [-0.15, -0.1) is 0 Å². The number of nitrogens with one attached hydrogen (secondary N) is 1. The molecule has 0 aromatic heterocycles. The highest BCUT2D eigenvalue weighted by atomic mass is 16.5. The Labute approximate surface area is 148 Å². The molecule has 0 spiro atoms. The maximum atomic E-state index is 12.5. The van der Waals surface area contributed by atoms with E-state index in [0.29, 0.717) is 43.8 Å². The van der Waals surface area contributed by atoms with Gasteiger partial charge in [0.2, 0.25) is 11.8 Å². The Hall–Kier alpha value is -2.37. The summed E-state index contributed by atoms with van der Waals surface area (Å²) in [5.41, 5.74) is 0.844. The molecule has 1 N–H and O–H groups in total. The van der Waals surface area contributed by atoms with Gasteiger partial charge in [0.25, 0.3) is 0 Å². The zero-order valence-corrected chi connectivity index (χ0v) is 14.9. The van der Waals surface area contributed by atoms with Crippen molar-refractivity contribution in [2.45, 2.75) is 39.5 Å². The van der Waals surface area contributed by atoms with E-state index in [1.165, 1.54) is 0 Å². The first-order chi connectivity index (χ1) is 12.0. The van der Waals surface area contributed by atoms with Crippen molar-refractivity contribution in [2.75, 3.05) is 25.0 Å². The Morgan fingerprint density at radius 3 is 2.52 bits per heavy atom. The fourth-order valence-corrected chi connectivity index (χ4v) is 2.85. The van der Waals surface area contributed by atoms with Crippen LogP contribution in [0.5, 0.6) is 0 Å². The summed E-state index contributed by atoms with van der Waals surface area (Å²) in [6.45, 7) is 5.13. The number of para-hydroxylation sites is 1. The third kappa shape index (κ3) is 5.31. The van der Waals surface area contributed by atoms with E-state index in [2.05, 4.69) is 5.32 Å². The molecule has 0 radical (unpaired) electrons. The van der Waals surface area contributed by atoms with Crippen LogP contribution in [0.3, 0.4) is 0 Å². The van der Waals surface area contributed by atoms with Gasteiger partial charge in [-0.05, 0) is 31.4 Å². The van der Waals surface area contributed by atoms with E-state index < -0.39 is 5.97 Å². The van der Waals surface area contributed by atoms with Gasteiger partial charge in [0, 0.05) is 25.9 Å². The van der Waals surface area contributed by atoms with Crippen molar-refractivity contribution in [2.24, 2.45) is 5.92 Å². The van der Waals surface area contributed by atoms with Crippen LogP contribution in [0.15, 0.2) is 24.3 Å². The van der Waals surface area contributed by atoms with Gasteiger partial charge in [-0.1, -0.05) is 25.5 Å². The number of esters is 1. The predicted octanol–water partition coefficient (Wildman–Crippen LogP) is 2.84. The summed E-state index contributed by atoms with van der Waals surface area (Å²) in [5.74, 6) is -0.647. The molecule has 25 heavy (non-hydrogen) atoms. The van der Waals surface area contributed by atoms with E-state index in [-0.39, 0.29) is 17.7 Å². The number of hydrogen-bond acceptors (Lipinski definition) is 4. The Bertz CT molecular complexity index is 622. The number of amides is 2. The number of ether oxygens (including phenoxy) is 1. The van der Waals surface area contributed by atoms with Gasteiger partial charge in [0.05, 0.1) is 17.9 Å². The standard InChI is InChI=1S/C19H26N2O4/c1-3-4-13-25-19(24)16-7-5-6-8-17(16)20-18(23)15-9-11-21(12-10-15)14(2)22/h5-8,15H,3-4,9-13H2,1-2H3,(H,20,23). The number of unbranched alkanes of at least 4 members (excludes halogenated alkanes) is 1. The first-order valence-corrected chi connectivity index (χ1v) is 8.85. The van der Waals surface area contributed by atoms with Crippen LogP contribution in [0.2, 0.25) is 0 Å². The quantitative estimate of drug-likeness (QED) is 0.635. The lowest BCUT2D eigenvalue weighted by molar-refractivity contribution is -0.132. The van der Waals surface area contributed by atoms with Gasteiger partial charge < -0.3 is 15.0 Å². The highest BCUT2D eigenvalue weighted by Crippen LogP contribution is 2.22. The van der Waals surface area contributed by atoms with Crippen LogP contribution in [-0.2, 0) is 14.3 Å². The summed E-state index contributed by atoms with van der Waals surface area (Å²) in [5, 5.41) is 2.85. The Kier molecular flexibility index (Phi) is 6.98. The van der Waals surface area contributed by atoms with E-state index >= 15 is 0 Å². The lowest BCUT2D eigenvalue weighted by Crippen LogP contribution is -2.40. The summed E-state index contributed by atoms with van der Waals surface area (Å²) in [6, 6.07) is 6.88. The second-order valence-electron chi connectivity index (χ2n) is 6.30. The van der Waals surface area contributed by atoms with Crippen molar-refractivity contribution in [3.8, 4) is 0 Å². The van der Waals surface area contributed by atoms with Gasteiger partial charge in [0.1, 0.15) is 0 Å². The molecule has 2 amide bonds. The van der Waals surface area contributed by atoms with Crippen molar-refractivity contribution in [3.05, 3.63) is 29.8 Å². The van der Waals surface area contributed by atoms with E-state index in [0.717, 1.165) is 12.8 Å². The Morgan fingerprint density at radius 1 is 1.20 bits per heavy atom. The predicted molar refractivity (Wildman–Crippen MR) is 95.2 cm³/mol. The minimum Gasteiger partial charge on any atom is -0.462 e. The number of carbonyl (C=O) groups excluding carboxylic acids is 3. The fourth-order valence-electron chi connectivity index (χ4n) is 2.85. The Morgan fingerprint density at radius 2 is 1.88 bits per heavy atom. The summed E-state index contributed by atoms with van der Waals surface area (Å²) >= 11 is 0. The van der Waals surface area contributed by atoms with Crippen molar-refractivity contribution >= 4 is 23.5 Å². The number of hydrogen-bond donors (Lipinski definition) is 1. The second kappa shape index (κ2) is 9.20. The average molecular weight is 346 g/mol. The van der Waals surface area contributed by atoms with Crippen LogP contribution in [0.1, 0.15) is 49.9 Å². The third-order valence-electron chi connectivity index (χ3n) is 4.45. The molecule has 0 bridgehead atoms. The van der Waals surface area contributed by atoms with Crippen molar-refractivity contribution < 1.29 is 19.1 Å². The fraction of sp³-hybridized carbons (Fsp3) is 0.526. The molecule has 1 saturated heterocycles. The van der Waals surface area contributed by atoms with Crippen molar-refractivity contribution in [3.63, 3.8) is 0 Å². The van der Waals surface area contributed by atoms with E-state index in [4.69, 9.17) is 4.74 Å². The van der Waals surface area contributed by atoms with Gasteiger partial charge in [-0.3, -0.25) is 9.59 Å². The molecule has 0 atom stereocenters. The molecule has 6 nitrogen and oxygen atoms in total. The summed E-state index contributed by atoms with van der Waals surface area (Å²) in [7, 11) is 0. The molecular weight excluding hydrogens is 320 g/mol. The summed E-state index contributed by atoms with van der Waals surface area (Å²) in [6.07, 6.45) is 3.03. The smallest absolute Gasteiger partial charge is 0.340 e. The zero-order chi connectivity index (χ0) is 18.2. The van der Waals surface area contributed by atoms with Gasteiger partial charge in [-0.25, -0.2) is 4.79 Å². The van der Waals surface area contributed by atoms with Gasteiger partial charge >= 0.3 is 5.97 Å². The molecule has 1 aliphatic heterocycles. The van der Waals surface area contributed by atoms with E-state index in [9.17, 15) is 14.4 Å². The van der Waals surface area contributed by atoms with Crippen LogP contribution < -0.4 is 5.32 Å². The normalized spacial score (nSPS) is 14.9. The molecule has 1 aromatic carbocycles. The number of likely N-dealkylation sites (tertiary alicyclic amines) is 1. The van der Waals surface area contributed by atoms with Crippen LogP contribution in [0.4, 0.5) is 5.69 Å². The first-order valence-electron chi connectivity index (χ1n) is 8.85. The highest BCUT2D eigenvalue weighted by Gasteiger charge is 2.26. The first kappa shape index (κ1) is 19.0. The van der Waals surface area contributed by atoms with Crippen LogP contribution in [0, 0.1) is 5.92 Å². The maximum absolute atomic E-state index is 12.5. The van der Waals surface area contributed by atoms with Crippen LogP contribution in [0.25, 0.3) is 0 Å². The lowest BCUT2D eigenvalue weighted by Gasteiger charge is -2.30. The molecule has 6 heteroatoms. The number of anilines is 1. The molecule has 1 aromatic rings. The lowest BCUT2D eigenvalue weighted by atomic mass is 9.95. The summed E-state index contributed by atoms with van der Waals surface area (Å²) < 4.78 is 5.24. The van der Waals surface area contributed by atoms with Crippen molar-refractivity contribution in [1.29, 1.82) is 0 Å². The molecule has 0 unspecified atom stereocenters. The zero-order valence-electron chi connectivity index (χ0n) is 14.9. The molecule has 1 aliphatic rings. The van der Waals surface area contributed by atoms with E-state index in [1.54, 1.807) is 36.1 Å². The maximum Gasteiger partial charge on any atom is 0.340 e. The summed E-state index contributed by atoms with van der Waals surface area (Å²) in [4.78, 5) is 37.8. The van der Waals surface area contributed by atoms with Crippen molar-refractivity contribution in [1.82, 2.24) is 4.90 Å². The number of benzene rings is 1. The molecule has 2 rings (SSSR count). The van der Waals surface area contributed by atoms with Gasteiger partial charge in [0.15, 0.2) is 0 Å². The largest absolute Gasteiger partial charge is 0.462 e. The molecule has 1 fully saturated rings. The average Bonchev–Trinajstić information content (AvgIpc) is 2.62. The molecule has 136 valence electrons. The second-order valence-corrected chi connectivity index (χ2v) is 6.30. The van der Waals surface area contributed by atoms with Gasteiger partial charge in [-0.2, -0.15) is 0 Å². The molecule has 0 aliphatic carbocycles. The van der Waals surface area contributed by atoms with Crippen LogP contribution in [-0.4, -0.2) is 42.4 Å². The topological polar surface area (TPSA) is 75.7 Å². The highest BCUT2D eigenvalue weighted by molar-refractivity contribution is 6.01. The number of carbonyl (C=O) groups is 3. The molecule has 0 saturated carbocycles. The minimum atomic E-state index is -0.421. The number of piperidine rings is 1. The van der Waals surface area contributed by atoms with E-state index in [1.807, 2.05) is 6.92 Å². The van der Waals surface area contributed by atoms with Crippen LogP contribution >= 0.6 is 0 Å². The number of nitrogens with zero attached hydrogens (tertiary/aromatic N) is 1. The molecule has 1 heterocycles. The Balaban J connectivity index is 1.97. The SMILES string of the molecule is CCCCOC(=O)c1ccccc1NC(=O)C1CCN(C(C)=O)CC1. The third-order valence-corrected chi connectivity index (χ3v) is 4.45. The number of rotatable bonds is 6. The monoisotopic (exact) mass is 346 g/mol.